The Morgan fingerprint density at radius 3 is 3.00 bits per heavy atom. The standard InChI is InChI=1S/C12H19N3/c1-11(7-13-2)9-15(3)10-12-5-4-6-14-8-12/h4-6,8,13H,1,7,9-10H2,2-3H3. The van der Waals surface area contributed by atoms with Gasteiger partial charge in [0.2, 0.25) is 0 Å². The smallest absolute Gasteiger partial charge is 0.0312 e. The van der Waals surface area contributed by atoms with Gasteiger partial charge in [-0.25, -0.2) is 0 Å². The Bertz CT molecular complexity index is 295. The second-order valence-electron chi connectivity index (χ2n) is 3.81. The molecule has 0 radical (unpaired) electrons. The summed E-state index contributed by atoms with van der Waals surface area (Å²) in [6.45, 7) is 6.70. The average molecular weight is 205 g/mol. The first-order valence-electron chi connectivity index (χ1n) is 5.11. The predicted molar refractivity (Wildman–Crippen MR) is 63.6 cm³/mol. The Balaban J connectivity index is 2.36. The summed E-state index contributed by atoms with van der Waals surface area (Å²) in [5, 5.41) is 3.10. The molecule has 0 unspecified atom stereocenters. The Hall–Kier alpha value is -1.19. The molecule has 0 bridgehead atoms. The lowest BCUT2D eigenvalue weighted by Crippen LogP contribution is -2.24. The third kappa shape index (κ3) is 4.72. The molecule has 0 aliphatic rings. The van der Waals surface area contributed by atoms with Crippen molar-refractivity contribution in [2.45, 2.75) is 6.54 Å². The normalized spacial score (nSPS) is 10.6. The van der Waals surface area contributed by atoms with Crippen molar-refractivity contribution in [1.29, 1.82) is 0 Å². The van der Waals surface area contributed by atoms with E-state index in [2.05, 4.69) is 34.9 Å². The second kappa shape index (κ2) is 6.32. The molecule has 0 aliphatic heterocycles. The SMILES string of the molecule is C=C(CNC)CN(C)Cc1cccnc1. The fourth-order valence-electron chi connectivity index (χ4n) is 1.55. The van der Waals surface area contributed by atoms with E-state index in [-0.39, 0.29) is 0 Å². The third-order valence-corrected chi connectivity index (χ3v) is 2.10. The van der Waals surface area contributed by atoms with Gasteiger partial charge in [-0.1, -0.05) is 12.6 Å². The van der Waals surface area contributed by atoms with Crippen molar-refractivity contribution < 1.29 is 0 Å². The maximum absolute atomic E-state index is 4.09. The van der Waals surface area contributed by atoms with Gasteiger partial charge >= 0.3 is 0 Å². The highest BCUT2D eigenvalue weighted by Crippen LogP contribution is 2.02. The van der Waals surface area contributed by atoms with Crippen LogP contribution in [0.2, 0.25) is 0 Å². The van der Waals surface area contributed by atoms with Crippen LogP contribution >= 0.6 is 0 Å². The molecule has 0 aliphatic carbocycles. The molecule has 3 nitrogen and oxygen atoms in total. The molecule has 1 rings (SSSR count). The van der Waals surface area contributed by atoms with Crippen molar-refractivity contribution in [3.8, 4) is 0 Å². The summed E-state index contributed by atoms with van der Waals surface area (Å²) in [6, 6.07) is 4.05. The molecular formula is C12H19N3. The van der Waals surface area contributed by atoms with Gasteiger partial charge in [-0.15, -0.1) is 0 Å². The molecule has 1 aromatic heterocycles. The molecule has 0 fully saturated rings. The van der Waals surface area contributed by atoms with Crippen molar-refractivity contribution in [1.82, 2.24) is 15.2 Å². The quantitative estimate of drug-likeness (QED) is 0.709. The largest absolute Gasteiger partial charge is 0.316 e. The molecule has 0 saturated heterocycles. The van der Waals surface area contributed by atoms with Gasteiger partial charge in [0, 0.05) is 32.0 Å². The lowest BCUT2D eigenvalue weighted by molar-refractivity contribution is 0.352. The number of hydrogen-bond donors (Lipinski definition) is 1. The number of likely N-dealkylation sites (N-methyl/N-ethyl adjacent to an activating group) is 2. The topological polar surface area (TPSA) is 28.2 Å². The molecule has 0 aromatic carbocycles. The highest BCUT2D eigenvalue weighted by atomic mass is 15.1. The molecule has 0 atom stereocenters. The predicted octanol–water partition coefficient (Wildman–Crippen LogP) is 1.29. The number of nitrogens with zero attached hydrogens (tertiary/aromatic N) is 2. The number of hydrogen-bond acceptors (Lipinski definition) is 3. The first-order valence-corrected chi connectivity index (χ1v) is 5.11. The zero-order valence-corrected chi connectivity index (χ0v) is 9.53. The van der Waals surface area contributed by atoms with Crippen LogP contribution < -0.4 is 5.32 Å². The van der Waals surface area contributed by atoms with E-state index in [4.69, 9.17) is 0 Å². The fraction of sp³-hybridized carbons (Fsp3) is 0.417. The van der Waals surface area contributed by atoms with Crippen LogP contribution in [-0.4, -0.2) is 37.1 Å². The van der Waals surface area contributed by atoms with Crippen LogP contribution in [0.3, 0.4) is 0 Å². The molecule has 0 spiro atoms. The number of pyridine rings is 1. The van der Waals surface area contributed by atoms with Gasteiger partial charge in [-0.2, -0.15) is 0 Å². The third-order valence-electron chi connectivity index (χ3n) is 2.10. The molecule has 0 amide bonds. The molecule has 3 heteroatoms. The van der Waals surface area contributed by atoms with Crippen LogP contribution in [0.1, 0.15) is 5.56 Å². The summed E-state index contributed by atoms with van der Waals surface area (Å²) in [4.78, 5) is 6.32. The zero-order valence-electron chi connectivity index (χ0n) is 9.53. The molecule has 1 heterocycles. The van der Waals surface area contributed by atoms with Gasteiger partial charge in [-0.3, -0.25) is 9.88 Å². The summed E-state index contributed by atoms with van der Waals surface area (Å²) >= 11 is 0. The van der Waals surface area contributed by atoms with E-state index in [9.17, 15) is 0 Å². The van der Waals surface area contributed by atoms with Crippen molar-refractivity contribution in [3.63, 3.8) is 0 Å². The number of rotatable bonds is 6. The molecular weight excluding hydrogens is 186 g/mol. The Kier molecular flexibility index (Phi) is 5.01. The van der Waals surface area contributed by atoms with E-state index < -0.39 is 0 Å². The van der Waals surface area contributed by atoms with E-state index >= 15 is 0 Å². The Morgan fingerprint density at radius 1 is 1.60 bits per heavy atom. The van der Waals surface area contributed by atoms with E-state index in [1.165, 1.54) is 11.1 Å². The van der Waals surface area contributed by atoms with Crippen LogP contribution in [0.25, 0.3) is 0 Å². The van der Waals surface area contributed by atoms with E-state index in [0.717, 1.165) is 19.6 Å². The second-order valence-corrected chi connectivity index (χ2v) is 3.81. The first-order chi connectivity index (χ1) is 7.22. The van der Waals surface area contributed by atoms with Gasteiger partial charge in [0.15, 0.2) is 0 Å². The molecule has 1 aromatic rings. The number of aromatic nitrogens is 1. The summed E-state index contributed by atoms with van der Waals surface area (Å²) in [5.41, 5.74) is 2.43. The molecule has 82 valence electrons. The number of nitrogens with one attached hydrogen (secondary N) is 1. The minimum atomic E-state index is 0.872. The van der Waals surface area contributed by atoms with Crippen molar-refractivity contribution >= 4 is 0 Å². The molecule has 1 N–H and O–H groups in total. The maximum Gasteiger partial charge on any atom is 0.0312 e. The lowest BCUT2D eigenvalue weighted by atomic mass is 10.2. The first kappa shape index (κ1) is 11.9. The minimum Gasteiger partial charge on any atom is -0.316 e. The van der Waals surface area contributed by atoms with Gasteiger partial charge in [0.25, 0.3) is 0 Å². The highest BCUT2D eigenvalue weighted by molar-refractivity contribution is 5.09. The average Bonchev–Trinajstić information content (AvgIpc) is 2.19. The van der Waals surface area contributed by atoms with Gasteiger partial charge in [0.05, 0.1) is 0 Å². The van der Waals surface area contributed by atoms with Gasteiger partial charge in [-0.05, 0) is 31.3 Å². The highest BCUT2D eigenvalue weighted by Gasteiger charge is 2.01. The van der Waals surface area contributed by atoms with E-state index in [0.29, 0.717) is 0 Å². The van der Waals surface area contributed by atoms with Crippen LogP contribution in [-0.2, 0) is 6.54 Å². The summed E-state index contributed by atoms with van der Waals surface area (Å²) in [5.74, 6) is 0. The minimum absolute atomic E-state index is 0.872. The fourth-order valence-corrected chi connectivity index (χ4v) is 1.55. The van der Waals surface area contributed by atoms with Crippen LogP contribution in [0.15, 0.2) is 36.7 Å². The molecule has 15 heavy (non-hydrogen) atoms. The van der Waals surface area contributed by atoms with Crippen LogP contribution in [0.5, 0.6) is 0 Å². The molecule has 0 saturated carbocycles. The van der Waals surface area contributed by atoms with Crippen molar-refractivity contribution in [2.24, 2.45) is 0 Å². The van der Waals surface area contributed by atoms with Crippen LogP contribution in [0, 0.1) is 0 Å². The maximum atomic E-state index is 4.09. The van der Waals surface area contributed by atoms with Crippen LogP contribution in [0.4, 0.5) is 0 Å². The van der Waals surface area contributed by atoms with Crippen molar-refractivity contribution in [2.75, 3.05) is 27.2 Å². The van der Waals surface area contributed by atoms with E-state index in [1.54, 1.807) is 6.20 Å². The summed E-state index contributed by atoms with van der Waals surface area (Å²) in [7, 11) is 4.03. The van der Waals surface area contributed by atoms with Crippen molar-refractivity contribution in [3.05, 3.63) is 42.2 Å². The van der Waals surface area contributed by atoms with Gasteiger partial charge in [0.1, 0.15) is 0 Å². The van der Waals surface area contributed by atoms with E-state index in [1.807, 2.05) is 19.3 Å². The Morgan fingerprint density at radius 2 is 2.40 bits per heavy atom. The Labute approximate surface area is 91.8 Å². The monoisotopic (exact) mass is 205 g/mol. The summed E-state index contributed by atoms with van der Waals surface area (Å²) < 4.78 is 0. The summed E-state index contributed by atoms with van der Waals surface area (Å²) in [6.07, 6.45) is 3.70. The lowest BCUT2D eigenvalue weighted by Gasteiger charge is -2.17. The van der Waals surface area contributed by atoms with Gasteiger partial charge < -0.3 is 5.32 Å². The zero-order chi connectivity index (χ0) is 11.1.